The Morgan fingerprint density at radius 3 is 2.67 bits per heavy atom. The van der Waals surface area contributed by atoms with E-state index in [9.17, 15) is 13.2 Å². The fourth-order valence-corrected chi connectivity index (χ4v) is 3.27. The van der Waals surface area contributed by atoms with Crippen LogP contribution in [-0.4, -0.2) is 56.6 Å². The summed E-state index contributed by atoms with van der Waals surface area (Å²) in [5.41, 5.74) is 2.09. The third-order valence-corrected chi connectivity index (χ3v) is 4.75. The first-order chi connectivity index (χ1) is 9.69. The van der Waals surface area contributed by atoms with Gasteiger partial charge in [-0.3, -0.25) is 9.48 Å². The number of sulfone groups is 1. The summed E-state index contributed by atoms with van der Waals surface area (Å²) in [5.74, 6) is -1.12. The molecule has 21 heavy (non-hydrogen) atoms. The second-order valence-electron chi connectivity index (χ2n) is 4.74. The number of hydrogen-bond acceptors (Lipinski definition) is 6. The molecular weight excluding hydrogens is 316 g/mol. The zero-order chi connectivity index (χ0) is 15.8. The maximum atomic E-state index is 11.4. The monoisotopic (exact) mass is 332 g/mol. The number of aryl methyl sites for hydroxylation is 3. The van der Waals surface area contributed by atoms with E-state index < -0.39 is 15.8 Å². The summed E-state index contributed by atoms with van der Waals surface area (Å²) in [6.45, 7) is 2.03. The summed E-state index contributed by atoms with van der Waals surface area (Å²) in [6.07, 6.45) is 1.17. The topological polar surface area (TPSA) is 107 Å². The molecule has 2 aromatic rings. The molecule has 0 atom stereocenters. The minimum atomic E-state index is -3.13. The van der Waals surface area contributed by atoms with Crippen LogP contribution in [0.15, 0.2) is 5.16 Å². The number of nitrogens with zero attached hydrogens (tertiary/aromatic N) is 4. The Labute approximate surface area is 126 Å². The third kappa shape index (κ3) is 3.56. The van der Waals surface area contributed by atoms with Crippen molar-refractivity contribution in [3.05, 3.63) is 5.69 Å². The Kier molecular flexibility index (Phi) is 4.28. The molecule has 1 N–H and O–H groups in total. The molecule has 10 heteroatoms. The van der Waals surface area contributed by atoms with Gasteiger partial charge in [0, 0.05) is 19.8 Å². The van der Waals surface area contributed by atoms with E-state index in [1.165, 1.54) is 6.26 Å². The molecule has 0 aliphatic rings. The average molecular weight is 332 g/mol. The Balaban J connectivity index is 2.45. The van der Waals surface area contributed by atoms with Gasteiger partial charge in [0.1, 0.15) is 15.4 Å². The predicted molar refractivity (Wildman–Crippen MR) is 79.3 cm³/mol. The van der Waals surface area contributed by atoms with Crippen molar-refractivity contribution in [1.29, 1.82) is 0 Å². The van der Waals surface area contributed by atoms with E-state index in [2.05, 4.69) is 10.1 Å². The van der Waals surface area contributed by atoms with E-state index in [-0.39, 0.29) is 18.1 Å². The van der Waals surface area contributed by atoms with Crippen molar-refractivity contribution in [2.45, 2.75) is 18.6 Å². The minimum Gasteiger partial charge on any atom is -0.481 e. The molecule has 0 radical (unpaired) electrons. The molecule has 2 aromatic heterocycles. The zero-order valence-electron chi connectivity index (χ0n) is 11.9. The lowest BCUT2D eigenvalue weighted by atomic mass is 10.4. The molecule has 0 amide bonds. The highest BCUT2D eigenvalue weighted by Crippen LogP contribution is 2.25. The molecule has 0 bridgehead atoms. The van der Waals surface area contributed by atoms with Crippen LogP contribution in [0.3, 0.4) is 0 Å². The lowest BCUT2D eigenvalue weighted by molar-refractivity contribution is -0.133. The molecule has 0 aliphatic carbocycles. The first-order valence-corrected chi connectivity index (χ1v) is 9.16. The van der Waals surface area contributed by atoms with Gasteiger partial charge in [-0.1, -0.05) is 11.8 Å². The number of aliphatic carboxylic acids is 1. The van der Waals surface area contributed by atoms with Crippen molar-refractivity contribution in [1.82, 2.24) is 19.3 Å². The van der Waals surface area contributed by atoms with Gasteiger partial charge >= 0.3 is 5.97 Å². The van der Waals surface area contributed by atoms with Crippen LogP contribution >= 0.6 is 11.8 Å². The third-order valence-electron chi connectivity index (χ3n) is 2.87. The number of imidazole rings is 1. The van der Waals surface area contributed by atoms with Crippen molar-refractivity contribution in [3.63, 3.8) is 0 Å². The summed E-state index contributed by atoms with van der Waals surface area (Å²) in [4.78, 5) is 15.1. The first kappa shape index (κ1) is 15.8. The number of rotatable bonds is 6. The summed E-state index contributed by atoms with van der Waals surface area (Å²) in [6, 6.07) is 0. The van der Waals surface area contributed by atoms with Gasteiger partial charge in [-0.05, 0) is 6.92 Å². The van der Waals surface area contributed by atoms with Crippen molar-refractivity contribution < 1.29 is 18.3 Å². The van der Waals surface area contributed by atoms with Gasteiger partial charge in [0.25, 0.3) is 0 Å². The van der Waals surface area contributed by atoms with Gasteiger partial charge in [0.15, 0.2) is 10.8 Å². The summed E-state index contributed by atoms with van der Waals surface area (Å²) in [7, 11) is -1.38. The van der Waals surface area contributed by atoms with Gasteiger partial charge in [0.2, 0.25) is 0 Å². The second-order valence-corrected chi connectivity index (χ2v) is 7.94. The van der Waals surface area contributed by atoms with Gasteiger partial charge in [0.05, 0.1) is 17.2 Å². The number of thioether (sulfide) groups is 1. The Morgan fingerprint density at radius 2 is 2.10 bits per heavy atom. The van der Waals surface area contributed by atoms with Crippen molar-refractivity contribution in [2.24, 2.45) is 7.05 Å². The number of carboxylic acids is 1. The second kappa shape index (κ2) is 5.68. The summed E-state index contributed by atoms with van der Waals surface area (Å²) < 4.78 is 26.1. The van der Waals surface area contributed by atoms with E-state index in [4.69, 9.17) is 5.11 Å². The Hall–Kier alpha value is -1.55. The number of fused-ring (bicyclic) bond motifs is 1. The van der Waals surface area contributed by atoms with Crippen LogP contribution in [0.2, 0.25) is 0 Å². The number of carbonyl (C=O) groups is 1. The van der Waals surface area contributed by atoms with Crippen LogP contribution in [0, 0.1) is 6.92 Å². The van der Waals surface area contributed by atoms with E-state index >= 15 is 0 Å². The maximum Gasteiger partial charge on any atom is 0.313 e. The lowest BCUT2D eigenvalue weighted by Gasteiger charge is -2.07. The normalized spacial score (nSPS) is 12.1. The van der Waals surface area contributed by atoms with E-state index in [0.29, 0.717) is 16.3 Å². The highest BCUT2D eigenvalue weighted by molar-refractivity contribution is 7.99. The van der Waals surface area contributed by atoms with Crippen LogP contribution in [0.5, 0.6) is 0 Å². The van der Waals surface area contributed by atoms with Crippen LogP contribution in [0.4, 0.5) is 0 Å². The van der Waals surface area contributed by atoms with Gasteiger partial charge in [-0.15, -0.1) is 0 Å². The van der Waals surface area contributed by atoms with Gasteiger partial charge in [-0.2, -0.15) is 5.10 Å². The highest BCUT2D eigenvalue weighted by atomic mass is 32.2. The molecule has 0 aromatic carbocycles. The minimum absolute atomic E-state index is 0.0384. The van der Waals surface area contributed by atoms with Crippen LogP contribution < -0.4 is 0 Å². The van der Waals surface area contributed by atoms with Crippen LogP contribution in [-0.2, 0) is 28.2 Å². The van der Waals surface area contributed by atoms with Crippen molar-refractivity contribution in [2.75, 3.05) is 17.8 Å². The van der Waals surface area contributed by atoms with Crippen LogP contribution in [0.1, 0.15) is 5.69 Å². The molecule has 2 heterocycles. The average Bonchev–Trinajstić information content (AvgIpc) is 2.83. The van der Waals surface area contributed by atoms with E-state index in [1.807, 2.05) is 6.92 Å². The number of carboxylic acid groups (broad SMARTS) is 1. The van der Waals surface area contributed by atoms with Gasteiger partial charge < -0.3 is 9.67 Å². The fraction of sp³-hybridized carbons (Fsp3) is 0.545. The molecular formula is C11H16N4O4S2. The molecule has 0 saturated carbocycles. The fourth-order valence-electron chi connectivity index (χ4n) is 2.01. The quantitative estimate of drug-likeness (QED) is 0.758. The zero-order valence-corrected chi connectivity index (χ0v) is 13.5. The molecule has 0 spiro atoms. The standard InChI is InChI=1S/C11H16N4O4S2/c1-7-9-10(14(2)13-7)15(4-5-21(3,18)19)11(12-9)20-6-8(16)17/h4-6H2,1-3H3,(H,16,17). The summed E-state index contributed by atoms with van der Waals surface area (Å²) >= 11 is 1.07. The van der Waals surface area contributed by atoms with Crippen LogP contribution in [0.25, 0.3) is 11.2 Å². The number of hydrogen-bond donors (Lipinski definition) is 1. The summed E-state index contributed by atoms with van der Waals surface area (Å²) in [5, 5.41) is 13.5. The molecule has 2 rings (SSSR count). The van der Waals surface area contributed by atoms with Crippen molar-refractivity contribution in [3.8, 4) is 0 Å². The highest BCUT2D eigenvalue weighted by Gasteiger charge is 2.19. The predicted octanol–water partition coefficient (Wildman–Crippen LogP) is 0.300. The Morgan fingerprint density at radius 1 is 1.43 bits per heavy atom. The molecule has 0 saturated heterocycles. The smallest absolute Gasteiger partial charge is 0.313 e. The largest absolute Gasteiger partial charge is 0.481 e. The molecule has 0 fully saturated rings. The molecule has 0 aliphatic heterocycles. The molecule has 0 unspecified atom stereocenters. The first-order valence-electron chi connectivity index (χ1n) is 6.11. The van der Waals surface area contributed by atoms with Gasteiger partial charge in [-0.25, -0.2) is 13.4 Å². The number of aromatic nitrogens is 4. The van der Waals surface area contributed by atoms with E-state index in [1.54, 1.807) is 16.3 Å². The lowest BCUT2D eigenvalue weighted by Crippen LogP contribution is -2.14. The molecule has 8 nitrogen and oxygen atoms in total. The van der Waals surface area contributed by atoms with Crippen molar-refractivity contribution >= 4 is 38.7 Å². The Bertz CT molecular complexity index is 791. The molecule has 116 valence electrons. The SMILES string of the molecule is Cc1nn(C)c2c1nc(SCC(=O)O)n2CCS(C)(=O)=O. The van der Waals surface area contributed by atoms with E-state index in [0.717, 1.165) is 17.5 Å². The maximum absolute atomic E-state index is 11.4.